The van der Waals surface area contributed by atoms with Crippen LogP contribution in [0.5, 0.6) is 0 Å². The van der Waals surface area contributed by atoms with Gasteiger partial charge in [-0.05, 0) is 24.1 Å². The Morgan fingerprint density at radius 3 is 2.56 bits per heavy atom. The van der Waals surface area contributed by atoms with Crippen molar-refractivity contribution in [2.24, 2.45) is 5.92 Å². The molecule has 0 radical (unpaired) electrons. The molecular weight excluding hydrogens is 273 g/mol. The summed E-state index contributed by atoms with van der Waals surface area (Å²) in [5.74, 6) is -0.211. The topological polar surface area (TPSA) is 20.3 Å². The number of anilines is 1. The Hall–Kier alpha value is -0.900. The Balaban J connectivity index is 2.86. The van der Waals surface area contributed by atoms with Crippen LogP contribution in [0.25, 0.3) is 0 Å². The standard InChI is InChI=1S/C12H15BrFNO/c1-8(2)11(13)12(16)15(3)10-6-4-5-9(14)7-10/h4-8,11H,1-3H3. The van der Waals surface area contributed by atoms with Gasteiger partial charge in [-0.1, -0.05) is 35.8 Å². The minimum atomic E-state index is -0.340. The molecule has 2 nitrogen and oxygen atoms in total. The fourth-order valence-electron chi connectivity index (χ4n) is 1.28. The quantitative estimate of drug-likeness (QED) is 0.782. The van der Waals surface area contributed by atoms with Gasteiger partial charge in [0.15, 0.2) is 0 Å². The third-order valence-corrected chi connectivity index (χ3v) is 3.80. The minimum absolute atomic E-state index is 0.0689. The van der Waals surface area contributed by atoms with Crippen LogP contribution in [0.15, 0.2) is 24.3 Å². The van der Waals surface area contributed by atoms with Gasteiger partial charge in [-0.3, -0.25) is 4.79 Å². The van der Waals surface area contributed by atoms with Crippen LogP contribution in [-0.4, -0.2) is 17.8 Å². The molecule has 0 saturated heterocycles. The molecular formula is C12H15BrFNO. The lowest BCUT2D eigenvalue weighted by atomic mass is 10.1. The Bertz CT molecular complexity index is 381. The molecule has 1 atom stereocenters. The molecule has 0 aromatic heterocycles. The zero-order valence-electron chi connectivity index (χ0n) is 9.58. The molecule has 0 aliphatic carbocycles. The van der Waals surface area contributed by atoms with Crippen molar-refractivity contribution in [1.29, 1.82) is 0 Å². The summed E-state index contributed by atoms with van der Waals surface area (Å²) in [6, 6.07) is 6.00. The van der Waals surface area contributed by atoms with Gasteiger partial charge in [0.25, 0.3) is 0 Å². The van der Waals surface area contributed by atoms with Crippen LogP contribution in [0.3, 0.4) is 0 Å². The molecule has 0 heterocycles. The third kappa shape index (κ3) is 3.04. The van der Waals surface area contributed by atoms with Crippen LogP contribution in [0.2, 0.25) is 0 Å². The van der Waals surface area contributed by atoms with E-state index in [1.807, 2.05) is 13.8 Å². The highest BCUT2D eigenvalue weighted by Gasteiger charge is 2.23. The van der Waals surface area contributed by atoms with E-state index in [1.54, 1.807) is 19.2 Å². The first-order valence-corrected chi connectivity index (χ1v) is 6.02. The van der Waals surface area contributed by atoms with E-state index in [9.17, 15) is 9.18 Å². The van der Waals surface area contributed by atoms with Gasteiger partial charge in [-0.2, -0.15) is 0 Å². The zero-order chi connectivity index (χ0) is 12.3. The molecule has 88 valence electrons. The fourth-order valence-corrected chi connectivity index (χ4v) is 1.59. The number of halogens is 2. The number of carbonyl (C=O) groups is 1. The van der Waals surface area contributed by atoms with Gasteiger partial charge in [0, 0.05) is 12.7 Å². The molecule has 0 bridgehead atoms. The number of nitrogens with zero attached hydrogens (tertiary/aromatic N) is 1. The number of alkyl halides is 1. The minimum Gasteiger partial charge on any atom is -0.314 e. The predicted octanol–water partition coefficient (Wildman–Crippen LogP) is 3.21. The first-order chi connectivity index (χ1) is 7.43. The maximum Gasteiger partial charge on any atom is 0.240 e. The second-order valence-electron chi connectivity index (χ2n) is 4.02. The molecule has 0 aliphatic rings. The summed E-state index contributed by atoms with van der Waals surface area (Å²) in [5.41, 5.74) is 0.565. The molecule has 16 heavy (non-hydrogen) atoms. The van der Waals surface area contributed by atoms with E-state index in [2.05, 4.69) is 15.9 Å². The number of hydrogen-bond donors (Lipinski definition) is 0. The van der Waals surface area contributed by atoms with Crippen molar-refractivity contribution in [2.75, 3.05) is 11.9 Å². The van der Waals surface area contributed by atoms with Crippen molar-refractivity contribution in [1.82, 2.24) is 0 Å². The summed E-state index contributed by atoms with van der Waals surface area (Å²) in [6.07, 6.45) is 0. The highest BCUT2D eigenvalue weighted by Crippen LogP contribution is 2.20. The Kier molecular flexibility index (Phi) is 4.47. The zero-order valence-corrected chi connectivity index (χ0v) is 11.2. The van der Waals surface area contributed by atoms with Crippen LogP contribution in [0.4, 0.5) is 10.1 Å². The Morgan fingerprint density at radius 2 is 2.06 bits per heavy atom. The van der Waals surface area contributed by atoms with Crippen LogP contribution in [-0.2, 0) is 4.79 Å². The van der Waals surface area contributed by atoms with Gasteiger partial charge in [0.05, 0.1) is 4.83 Å². The summed E-state index contributed by atoms with van der Waals surface area (Å²) in [6.45, 7) is 3.91. The molecule has 1 rings (SSSR count). The third-order valence-electron chi connectivity index (χ3n) is 2.35. The lowest BCUT2D eigenvalue weighted by molar-refractivity contribution is -0.118. The SMILES string of the molecule is CC(C)C(Br)C(=O)N(C)c1cccc(F)c1. The highest BCUT2D eigenvalue weighted by molar-refractivity contribution is 9.10. The molecule has 0 saturated carbocycles. The fraction of sp³-hybridized carbons (Fsp3) is 0.417. The van der Waals surface area contributed by atoms with E-state index in [1.165, 1.54) is 17.0 Å². The van der Waals surface area contributed by atoms with Crippen LogP contribution >= 0.6 is 15.9 Å². The molecule has 1 aromatic rings. The van der Waals surface area contributed by atoms with Crippen LogP contribution < -0.4 is 4.90 Å². The van der Waals surface area contributed by atoms with Crippen molar-refractivity contribution in [3.63, 3.8) is 0 Å². The van der Waals surface area contributed by atoms with Crippen LogP contribution in [0, 0.1) is 11.7 Å². The van der Waals surface area contributed by atoms with E-state index in [4.69, 9.17) is 0 Å². The number of hydrogen-bond acceptors (Lipinski definition) is 1. The number of carbonyl (C=O) groups excluding carboxylic acids is 1. The van der Waals surface area contributed by atoms with Crippen molar-refractivity contribution < 1.29 is 9.18 Å². The second kappa shape index (κ2) is 5.43. The highest BCUT2D eigenvalue weighted by atomic mass is 79.9. The maximum atomic E-state index is 13.0. The van der Waals surface area contributed by atoms with Crippen molar-refractivity contribution in [3.8, 4) is 0 Å². The van der Waals surface area contributed by atoms with Crippen molar-refractivity contribution >= 4 is 27.5 Å². The normalized spacial score (nSPS) is 12.6. The van der Waals surface area contributed by atoms with Crippen molar-refractivity contribution in [3.05, 3.63) is 30.1 Å². The van der Waals surface area contributed by atoms with E-state index >= 15 is 0 Å². The van der Waals surface area contributed by atoms with Crippen molar-refractivity contribution in [2.45, 2.75) is 18.7 Å². The molecule has 1 amide bonds. The number of benzene rings is 1. The lowest BCUT2D eigenvalue weighted by Crippen LogP contribution is -2.35. The molecule has 0 aliphatic heterocycles. The summed E-state index contributed by atoms with van der Waals surface area (Å²) >= 11 is 3.34. The van der Waals surface area contributed by atoms with E-state index in [0.29, 0.717) is 5.69 Å². The number of amides is 1. The smallest absolute Gasteiger partial charge is 0.240 e. The van der Waals surface area contributed by atoms with E-state index in [0.717, 1.165) is 0 Å². The van der Waals surface area contributed by atoms with E-state index in [-0.39, 0.29) is 22.5 Å². The average Bonchev–Trinajstić information content (AvgIpc) is 2.26. The summed E-state index contributed by atoms with van der Waals surface area (Å²) in [5, 5.41) is 0. The Morgan fingerprint density at radius 1 is 1.44 bits per heavy atom. The van der Waals surface area contributed by atoms with Gasteiger partial charge in [-0.15, -0.1) is 0 Å². The maximum absolute atomic E-state index is 13.0. The molecule has 1 aromatic carbocycles. The molecule has 0 spiro atoms. The van der Waals surface area contributed by atoms with Gasteiger partial charge < -0.3 is 4.90 Å². The predicted molar refractivity (Wildman–Crippen MR) is 67.4 cm³/mol. The summed E-state index contributed by atoms with van der Waals surface area (Å²) in [4.78, 5) is 13.2. The monoisotopic (exact) mass is 287 g/mol. The van der Waals surface area contributed by atoms with Gasteiger partial charge in [0.2, 0.25) is 5.91 Å². The molecule has 0 N–H and O–H groups in total. The molecule has 4 heteroatoms. The molecule has 0 fully saturated rings. The summed E-state index contributed by atoms with van der Waals surface area (Å²) in [7, 11) is 1.65. The largest absolute Gasteiger partial charge is 0.314 e. The first-order valence-electron chi connectivity index (χ1n) is 5.10. The van der Waals surface area contributed by atoms with E-state index < -0.39 is 0 Å². The second-order valence-corrected chi connectivity index (χ2v) is 5.01. The average molecular weight is 288 g/mol. The lowest BCUT2D eigenvalue weighted by Gasteiger charge is -2.22. The van der Waals surface area contributed by atoms with Crippen LogP contribution in [0.1, 0.15) is 13.8 Å². The van der Waals surface area contributed by atoms with Gasteiger partial charge in [-0.25, -0.2) is 4.39 Å². The molecule has 1 unspecified atom stereocenters. The number of rotatable bonds is 3. The first kappa shape index (κ1) is 13.2. The summed E-state index contributed by atoms with van der Waals surface area (Å²) < 4.78 is 13.0. The van der Waals surface area contributed by atoms with Gasteiger partial charge in [0.1, 0.15) is 5.82 Å². The van der Waals surface area contributed by atoms with Gasteiger partial charge >= 0.3 is 0 Å². The Labute approximate surface area is 104 Å².